The zero-order valence-electron chi connectivity index (χ0n) is 14.5. The zero-order chi connectivity index (χ0) is 22.5. The Morgan fingerprint density at radius 2 is 0.700 bits per heavy atom. The summed E-state index contributed by atoms with van der Waals surface area (Å²) in [7, 11) is 0. The van der Waals surface area contributed by atoms with Crippen molar-refractivity contribution in [3.05, 3.63) is 88.0 Å². The third-order valence-electron chi connectivity index (χ3n) is 4.11. The number of benzene rings is 3. The van der Waals surface area contributed by atoms with E-state index in [1.165, 1.54) is 12.1 Å². The minimum atomic E-state index is -5.04. The van der Waals surface area contributed by atoms with Crippen LogP contribution in [-0.2, 0) is 0 Å². The van der Waals surface area contributed by atoms with Crippen molar-refractivity contribution >= 4 is 30.7 Å². The SMILES string of the molecule is Cc1cc[c]([Sb]([c]2c(F)c(F)c(F)c(F)c2F)[c]2c(F)c(F)c(F)c(F)c2F)cc1. The van der Waals surface area contributed by atoms with Crippen LogP contribution in [-0.4, -0.2) is 20.2 Å². The standard InChI is InChI=1S/C7H7.2C6F5.Sb/c1-7-5-3-2-4-6-7;2*7-2-1-3(8)5(10)6(11)4(2)9;/h3-6H,1H3;;;. The molecular weight excluding hydrogens is 540 g/mol. The normalized spacial score (nSPS) is 11.5. The first kappa shape index (κ1) is 22.5. The van der Waals surface area contributed by atoms with Gasteiger partial charge in [0.05, 0.1) is 0 Å². The molecule has 0 heterocycles. The maximum absolute atomic E-state index is 14.5. The Morgan fingerprint density at radius 3 is 1.00 bits per heavy atom. The van der Waals surface area contributed by atoms with Crippen molar-refractivity contribution in [1.29, 1.82) is 0 Å². The summed E-state index contributed by atoms with van der Waals surface area (Å²) in [5.74, 6) is -24.2. The van der Waals surface area contributed by atoms with Crippen LogP contribution in [0.1, 0.15) is 5.56 Å². The first-order valence-electron chi connectivity index (χ1n) is 7.88. The van der Waals surface area contributed by atoms with E-state index in [0.717, 1.165) is 12.1 Å². The molecule has 30 heavy (non-hydrogen) atoms. The van der Waals surface area contributed by atoms with Gasteiger partial charge in [0.2, 0.25) is 0 Å². The molecule has 0 unspecified atom stereocenters. The molecule has 0 radical (unpaired) electrons. The summed E-state index contributed by atoms with van der Waals surface area (Å²) in [5.41, 5.74) is 0.550. The van der Waals surface area contributed by atoms with E-state index in [1.54, 1.807) is 6.92 Å². The van der Waals surface area contributed by atoms with E-state index in [4.69, 9.17) is 0 Å². The molecule has 0 amide bonds. The van der Waals surface area contributed by atoms with Crippen LogP contribution in [0.2, 0.25) is 0 Å². The monoisotopic (exact) mass is 546 g/mol. The second-order valence-corrected chi connectivity index (χ2v) is 11.9. The summed E-state index contributed by atoms with van der Waals surface area (Å²) in [6, 6.07) is 4.75. The topological polar surface area (TPSA) is 0 Å². The van der Waals surface area contributed by atoms with Crippen molar-refractivity contribution in [2.45, 2.75) is 6.92 Å². The first-order valence-corrected chi connectivity index (χ1v) is 11.7. The number of halogens is 10. The number of rotatable bonds is 3. The van der Waals surface area contributed by atoms with E-state index in [0.29, 0.717) is 5.56 Å². The molecule has 3 aromatic rings. The number of hydrogen-bond donors (Lipinski definition) is 0. The molecule has 0 saturated heterocycles. The van der Waals surface area contributed by atoms with Gasteiger partial charge in [-0.25, -0.2) is 0 Å². The van der Waals surface area contributed by atoms with Crippen LogP contribution >= 0.6 is 0 Å². The second kappa shape index (κ2) is 8.13. The Labute approximate surface area is 169 Å². The van der Waals surface area contributed by atoms with Crippen LogP contribution in [0.15, 0.2) is 24.3 Å². The van der Waals surface area contributed by atoms with Gasteiger partial charge in [-0.1, -0.05) is 0 Å². The van der Waals surface area contributed by atoms with Gasteiger partial charge in [0.15, 0.2) is 0 Å². The maximum atomic E-state index is 14.5. The summed E-state index contributed by atoms with van der Waals surface area (Å²) >= 11 is -5.04. The molecule has 0 aromatic heterocycles. The molecule has 0 N–H and O–H groups in total. The molecule has 0 saturated carbocycles. The van der Waals surface area contributed by atoms with Crippen LogP contribution in [0.25, 0.3) is 0 Å². The van der Waals surface area contributed by atoms with Gasteiger partial charge in [-0.05, 0) is 0 Å². The van der Waals surface area contributed by atoms with E-state index < -0.39 is 85.4 Å². The molecule has 0 aliphatic heterocycles. The summed E-state index contributed by atoms with van der Waals surface area (Å²) in [5, 5.41) is 0. The summed E-state index contributed by atoms with van der Waals surface area (Å²) in [6.45, 7) is 1.56. The quantitative estimate of drug-likeness (QED) is 0.202. The van der Waals surface area contributed by atoms with Crippen molar-refractivity contribution in [1.82, 2.24) is 0 Å². The van der Waals surface area contributed by atoms with Crippen molar-refractivity contribution in [3.8, 4) is 0 Å². The van der Waals surface area contributed by atoms with Crippen molar-refractivity contribution in [3.63, 3.8) is 0 Å². The van der Waals surface area contributed by atoms with Gasteiger partial charge in [0.25, 0.3) is 0 Å². The van der Waals surface area contributed by atoms with Crippen LogP contribution in [0, 0.1) is 65.1 Å². The number of aryl methyl sites for hydroxylation is 1. The molecule has 0 bridgehead atoms. The predicted molar refractivity (Wildman–Crippen MR) is 88.3 cm³/mol. The van der Waals surface area contributed by atoms with Crippen LogP contribution in [0.4, 0.5) is 43.9 Å². The Bertz CT molecular complexity index is 1030. The van der Waals surface area contributed by atoms with Gasteiger partial charge in [-0.3, -0.25) is 0 Å². The third kappa shape index (κ3) is 3.45. The fraction of sp³-hybridized carbons (Fsp3) is 0.0526. The number of hydrogen-bond acceptors (Lipinski definition) is 0. The first-order chi connectivity index (χ1) is 14.0. The molecule has 0 nitrogen and oxygen atoms in total. The van der Waals surface area contributed by atoms with E-state index in [-0.39, 0.29) is 3.51 Å². The Hall–Kier alpha value is -2.22. The fourth-order valence-electron chi connectivity index (χ4n) is 2.64. The fourth-order valence-corrected chi connectivity index (χ4v) is 9.39. The molecule has 0 spiro atoms. The van der Waals surface area contributed by atoms with E-state index in [1.807, 2.05) is 0 Å². The van der Waals surface area contributed by atoms with E-state index in [9.17, 15) is 43.9 Å². The van der Waals surface area contributed by atoms with Gasteiger partial charge in [0, 0.05) is 0 Å². The van der Waals surface area contributed by atoms with Crippen LogP contribution < -0.4 is 10.5 Å². The zero-order valence-corrected chi connectivity index (χ0v) is 17.1. The average Bonchev–Trinajstić information content (AvgIpc) is 2.73. The van der Waals surface area contributed by atoms with Gasteiger partial charge in [-0.15, -0.1) is 0 Å². The van der Waals surface area contributed by atoms with Gasteiger partial charge in [-0.2, -0.15) is 0 Å². The third-order valence-corrected chi connectivity index (χ3v) is 11.2. The Balaban J connectivity index is 2.50. The van der Waals surface area contributed by atoms with Gasteiger partial charge >= 0.3 is 170 Å². The summed E-state index contributed by atoms with van der Waals surface area (Å²) in [6.07, 6.45) is 0. The molecular formula is C19H7F10Sb. The predicted octanol–water partition coefficient (Wildman–Crippen LogP) is 3.90. The molecule has 158 valence electrons. The van der Waals surface area contributed by atoms with Crippen LogP contribution in [0.5, 0.6) is 0 Å². The Kier molecular flexibility index (Phi) is 6.09. The molecule has 0 fully saturated rings. The summed E-state index contributed by atoms with van der Waals surface area (Å²) in [4.78, 5) is 0. The van der Waals surface area contributed by atoms with Crippen molar-refractivity contribution in [2.75, 3.05) is 0 Å². The van der Waals surface area contributed by atoms with E-state index in [2.05, 4.69) is 0 Å². The molecule has 3 aromatic carbocycles. The van der Waals surface area contributed by atoms with E-state index >= 15 is 0 Å². The molecule has 11 heteroatoms. The molecule has 3 rings (SSSR count). The van der Waals surface area contributed by atoms with Crippen molar-refractivity contribution in [2.24, 2.45) is 0 Å². The molecule has 0 aliphatic rings. The summed E-state index contributed by atoms with van der Waals surface area (Å²) < 4.78 is 136. The molecule has 0 aliphatic carbocycles. The van der Waals surface area contributed by atoms with Crippen molar-refractivity contribution < 1.29 is 43.9 Å². The second-order valence-electron chi connectivity index (χ2n) is 6.01. The average molecular weight is 547 g/mol. The molecule has 0 atom stereocenters. The van der Waals surface area contributed by atoms with Crippen LogP contribution in [0.3, 0.4) is 0 Å². The van der Waals surface area contributed by atoms with Gasteiger partial charge in [0.1, 0.15) is 0 Å². The minimum absolute atomic E-state index is 0.296. The van der Waals surface area contributed by atoms with Gasteiger partial charge < -0.3 is 0 Å². The Morgan fingerprint density at radius 1 is 0.433 bits per heavy atom.